The Kier molecular flexibility index (Phi) is 5.45. The minimum absolute atomic E-state index is 0.0488. The van der Waals surface area contributed by atoms with Gasteiger partial charge in [-0.25, -0.2) is 4.79 Å². The van der Waals surface area contributed by atoms with E-state index in [2.05, 4.69) is 10.4 Å². The average Bonchev–Trinajstić information content (AvgIpc) is 2.95. The number of piperidine rings is 1. The van der Waals surface area contributed by atoms with Gasteiger partial charge < -0.3 is 10.2 Å². The lowest BCUT2D eigenvalue weighted by Crippen LogP contribution is -2.54. The summed E-state index contributed by atoms with van der Waals surface area (Å²) >= 11 is 0. The zero-order chi connectivity index (χ0) is 18.0. The van der Waals surface area contributed by atoms with Gasteiger partial charge in [-0.2, -0.15) is 18.3 Å². The molecule has 136 valence electrons. The van der Waals surface area contributed by atoms with E-state index in [9.17, 15) is 18.0 Å². The lowest BCUT2D eigenvalue weighted by atomic mass is 9.73. The number of amides is 2. The van der Waals surface area contributed by atoms with E-state index in [0.717, 1.165) is 0 Å². The predicted molar refractivity (Wildman–Crippen MR) is 84.3 cm³/mol. The molecule has 1 N–H and O–H groups in total. The van der Waals surface area contributed by atoms with Crippen molar-refractivity contribution in [3.8, 4) is 0 Å². The molecule has 5 nitrogen and oxygen atoms in total. The summed E-state index contributed by atoms with van der Waals surface area (Å²) in [7, 11) is 0. The lowest BCUT2D eigenvalue weighted by molar-refractivity contribution is -0.214. The Labute approximate surface area is 140 Å². The van der Waals surface area contributed by atoms with Crippen molar-refractivity contribution in [1.82, 2.24) is 20.0 Å². The topological polar surface area (TPSA) is 50.2 Å². The first kappa shape index (κ1) is 18.6. The summed E-state index contributed by atoms with van der Waals surface area (Å²) in [6.45, 7) is 6.51. The van der Waals surface area contributed by atoms with E-state index >= 15 is 0 Å². The van der Waals surface area contributed by atoms with Gasteiger partial charge in [0.15, 0.2) is 0 Å². The van der Waals surface area contributed by atoms with E-state index in [4.69, 9.17) is 0 Å². The third-order valence-electron chi connectivity index (χ3n) is 4.57. The Morgan fingerprint density at radius 1 is 1.46 bits per heavy atom. The number of carbonyl (C=O) groups is 1. The Bertz CT molecular complexity index is 542. The van der Waals surface area contributed by atoms with Crippen LogP contribution < -0.4 is 5.32 Å². The molecule has 2 heterocycles. The molecule has 2 rings (SSSR count). The monoisotopic (exact) mass is 346 g/mol. The Morgan fingerprint density at radius 2 is 2.17 bits per heavy atom. The summed E-state index contributed by atoms with van der Waals surface area (Å²) in [5, 5.41) is 6.93. The van der Waals surface area contributed by atoms with Gasteiger partial charge in [0, 0.05) is 38.6 Å². The third kappa shape index (κ3) is 4.64. The molecule has 2 amide bonds. The summed E-state index contributed by atoms with van der Waals surface area (Å²) in [5.74, 6) is -1.19. The van der Waals surface area contributed by atoms with Crippen LogP contribution in [-0.4, -0.2) is 46.5 Å². The lowest BCUT2D eigenvalue weighted by Gasteiger charge is -2.44. The first-order valence-electron chi connectivity index (χ1n) is 8.16. The minimum Gasteiger partial charge on any atom is -0.338 e. The summed E-state index contributed by atoms with van der Waals surface area (Å²) < 4.78 is 41.0. The number of urea groups is 1. The van der Waals surface area contributed by atoms with E-state index in [1.165, 1.54) is 4.90 Å². The number of hydrogen-bond donors (Lipinski definition) is 1. The fourth-order valence-corrected chi connectivity index (χ4v) is 3.30. The van der Waals surface area contributed by atoms with Crippen LogP contribution >= 0.6 is 0 Å². The quantitative estimate of drug-likeness (QED) is 0.911. The van der Waals surface area contributed by atoms with Gasteiger partial charge in [0.25, 0.3) is 0 Å². The molecule has 1 aliphatic heterocycles. The maximum Gasteiger partial charge on any atom is 0.392 e. The van der Waals surface area contributed by atoms with Crippen molar-refractivity contribution >= 4 is 6.03 Å². The molecule has 1 aromatic rings. The van der Waals surface area contributed by atoms with Crippen molar-refractivity contribution < 1.29 is 18.0 Å². The van der Waals surface area contributed by atoms with E-state index in [-0.39, 0.29) is 31.5 Å². The van der Waals surface area contributed by atoms with Crippen molar-refractivity contribution in [3.05, 3.63) is 18.5 Å². The minimum atomic E-state index is -4.22. The molecule has 1 aliphatic rings. The van der Waals surface area contributed by atoms with Crippen molar-refractivity contribution in [2.75, 3.05) is 19.6 Å². The SMILES string of the molecule is C[C@H](CNC(=O)N1CC[C@H](C(F)(F)F)C(C)(C)C1)Cn1cccn1. The Hall–Kier alpha value is -1.73. The van der Waals surface area contributed by atoms with Crippen LogP contribution in [0.25, 0.3) is 0 Å². The highest BCUT2D eigenvalue weighted by Gasteiger charge is 2.51. The van der Waals surface area contributed by atoms with E-state index < -0.39 is 17.5 Å². The van der Waals surface area contributed by atoms with Crippen molar-refractivity contribution in [2.45, 2.75) is 39.9 Å². The summed E-state index contributed by atoms with van der Waals surface area (Å²) in [6.07, 6.45) is -0.724. The molecule has 0 radical (unpaired) electrons. The van der Waals surface area contributed by atoms with Crippen LogP contribution in [0.2, 0.25) is 0 Å². The number of halogens is 3. The van der Waals surface area contributed by atoms with Crippen LogP contribution in [0.1, 0.15) is 27.2 Å². The van der Waals surface area contributed by atoms with Gasteiger partial charge >= 0.3 is 12.2 Å². The highest BCUT2D eigenvalue weighted by molar-refractivity contribution is 5.74. The number of carbonyl (C=O) groups excluding carboxylic acids is 1. The van der Waals surface area contributed by atoms with Crippen molar-refractivity contribution in [1.29, 1.82) is 0 Å². The van der Waals surface area contributed by atoms with Gasteiger partial charge in [-0.1, -0.05) is 20.8 Å². The number of rotatable bonds is 4. The van der Waals surface area contributed by atoms with Gasteiger partial charge in [-0.3, -0.25) is 4.68 Å². The standard InChI is InChI=1S/C16H25F3N4O/c1-12(10-23-7-4-6-21-23)9-20-14(24)22-8-5-13(16(17,18)19)15(2,3)11-22/h4,6-7,12-13H,5,8-11H2,1-3H3,(H,20,24)/t12-,13+/m1/s1. The Balaban J connectivity index is 1.83. The predicted octanol–water partition coefficient (Wildman–Crippen LogP) is 3.14. The number of nitrogens with zero attached hydrogens (tertiary/aromatic N) is 3. The first-order chi connectivity index (χ1) is 11.1. The van der Waals surface area contributed by atoms with Gasteiger partial charge in [0.05, 0.1) is 5.92 Å². The molecule has 0 bridgehead atoms. The molecule has 0 aromatic carbocycles. The summed E-state index contributed by atoms with van der Waals surface area (Å²) in [6, 6.07) is 1.54. The van der Waals surface area contributed by atoms with E-state index in [0.29, 0.717) is 13.1 Å². The molecular weight excluding hydrogens is 321 g/mol. The largest absolute Gasteiger partial charge is 0.392 e. The summed E-state index contributed by atoms with van der Waals surface area (Å²) in [4.78, 5) is 13.7. The zero-order valence-corrected chi connectivity index (χ0v) is 14.3. The maximum absolute atomic E-state index is 13.1. The molecule has 24 heavy (non-hydrogen) atoms. The molecule has 0 aliphatic carbocycles. The number of alkyl halides is 3. The normalized spacial score (nSPS) is 22.2. The molecule has 0 saturated carbocycles. The number of likely N-dealkylation sites (tertiary alicyclic amines) is 1. The van der Waals surface area contributed by atoms with Crippen molar-refractivity contribution in [2.24, 2.45) is 17.3 Å². The van der Waals surface area contributed by atoms with Gasteiger partial charge in [-0.15, -0.1) is 0 Å². The highest BCUT2D eigenvalue weighted by atomic mass is 19.4. The second-order valence-electron chi connectivity index (χ2n) is 7.31. The van der Waals surface area contributed by atoms with Gasteiger partial charge in [0.1, 0.15) is 0 Å². The maximum atomic E-state index is 13.1. The van der Waals surface area contributed by atoms with Gasteiger partial charge in [0.2, 0.25) is 0 Å². The van der Waals surface area contributed by atoms with E-state index in [1.54, 1.807) is 24.7 Å². The molecule has 8 heteroatoms. The summed E-state index contributed by atoms with van der Waals surface area (Å²) in [5.41, 5.74) is -0.978. The second kappa shape index (κ2) is 7.03. The first-order valence-corrected chi connectivity index (χ1v) is 8.16. The molecule has 2 atom stereocenters. The molecular formula is C16H25F3N4O. The third-order valence-corrected chi connectivity index (χ3v) is 4.57. The van der Waals surface area contributed by atoms with Crippen LogP contribution in [0, 0.1) is 17.3 Å². The fourth-order valence-electron chi connectivity index (χ4n) is 3.30. The molecule has 1 saturated heterocycles. The zero-order valence-electron chi connectivity index (χ0n) is 14.3. The number of nitrogens with one attached hydrogen (secondary N) is 1. The Morgan fingerprint density at radius 3 is 2.71 bits per heavy atom. The second-order valence-corrected chi connectivity index (χ2v) is 7.31. The average molecular weight is 346 g/mol. The molecule has 0 spiro atoms. The van der Waals surface area contributed by atoms with Gasteiger partial charge in [-0.05, 0) is 23.8 Å². The van der Waals surface area contributed by atoms with Crippen molar-refractivity contribution in [3.63, 3.8) is 0 Å². The number of aromatic nitrogens is 2. The molecule has 1 fully saturated rings. The van der Waals surface area contributed by atoms with Crippen LogP contribution in [0.4, 0.5) is 18.0 Å². The smallest absolute Gasteiger partial charge is 0.338 e. The van der Waals surface area contributed by atoms with Crippen LogP contribution in [0.3, 0.4) is 0 Å². The number of hydrogen-bond acceptors (Lipinski definition) is 2. The van der Waals surface area contributed by atoms with Crippen LogP contribution in [0.5, 0.6) is 0 Å². The van der Waals surface area contributed by atoms with E-state index in [1.807, 2.05) is 19.2 Å². The fraction of sp³-hybridized carbons (Fsp3) is 0.750. The van der Waals surface area contributed by atoms with Crippen LogP contribution in [-0.2, 0) is 6.54 Å². The highest BCUT2D eigenvalue weighted by Crippen LogP contribution is 2.44. The van der Waals surface area contributed by atoms with Crippen LogP contribution in [0.15, 0.2) is 18.5 Å². The molecule has 1 aromatic heterocycles. The molecule has 0 unspecified atom stereocenters.